The zero-order valence-corrected chi connectivity index (χ0v) is 10.0. The molecule has 2 heteroatoms. The van der Waals surface area contributed by atoms with Crippen LogP contribution in [0, 0.1) is 6.92 Å². The minimum absolute atomic E-state index is 0.294. The third-order valence-electron chi connectivity index (χ3n) is 2.44. The topological polar surface area (TPSA) is 26.0 Å². The van der Waals surface area contributed by atoms with Gasteiger partial charge in [0.25, 0.3) is 0 Å². The second-order valence-corrected chi connectivity index (χ2v) is 4.54. The fraction of sp³-hybridized carbons (Fsp3) is 0.500. The minimum Gasteiger partial charge on any atom is -0.327 e. The quantitative estimate of drug-likeness (QED) is 0.771. The Bertz CT molecular complexity index is 296. The van der Waals surface area contributed by atoms with Gasteiger partial charge >= 0.3 is 0 Å². The molecule has 14 heavy (non-hydrogen) atoms. The van der Waals surface area contributed by atoms with Gasteiger partial charge in [-0.3, -0.25) is 0 Å². The lowest BCUT2D eigenvalue weighted by molar-refractivity contribution is 0.641. The van der Waals surface area contributed by atoms with Crippen LogP contribution in [0.4, 0.5) is 0 Å². The van der Waals surface area contributed by atoms with Gasteiger partial charge in [-0.05, 0) is 37.7 Å². The predicted octanol–water partition coefficient (Wildman–Crippen LogP) is 3.00. The maximum absolute atomic E-state index is 5.97. The highest BCUT2D eigenvalue weighted by molar-refractivity contribution is 7.98. The van der Waals surface area contributed by atoms with Crippen molar-refractivity contribution in [3.05, 3.63) is 29.3 Å². The van der Waals surface area contributed by atoms with Crippen molar-refractivity contribution in [2.45, 2.75) is 37.6 Å². The van der Waals surface area contributed by atoms with Crippen LogP contribution in [-0.2, 0) is 6.42 Å². The summed E-state index contributed by atoms with van der Waals surface area (Å²) in [5, 5.41) is 0. The maximum Gasteiger partial charge on any atom is 0.0102 e. The maximum atomic E-state index is 5.97. The van der Waals surface area contributed by atoms with Crippen molar-refractivity contribution in [2.75, 3.05) is 6.26 Å². The summed E-state index contributed by atoms with van der Waals surface area (Å²) in [6.45, 7) is 4.27. The molecule has 1 atom stereocenters. The van der Waals surface area contributed by atoms with Crippen molar-refractivity contribution in [1.29, 1.82) is 0 Å². The van der Waals surface area contributed by atoms with Crippen LogP contribution in [0.25, 0.3) is 0 Å². The Labute approximate surface area is 91.1 Å². The number of thioether (sulfide) groups is 1. The molecular formula is C12H19NS. The Morgan fingerprint density at radius 1 is 1.43 bits per heavy atom. The van der Waals surface area contributed by atoms with Crippen LogP contribution < -0.4 is 5.73 Å². The smallest absolute Gasteiger partial charge is 0.0102 e. The van der Waals surface area contributed by atoms with Gasteiger partial charge in [-0.15, -0.1) is 11.8 Å². The van der Waals surface area contributed by atoms with E-state index < -0.39 is 0 Å². The molecule has 0 amide bonds. The summed E-state index contributed by atoms with van der Waals surface area (Å²) >= 11 is 1.80. The summed E-state index contributed by atoms with van der Waals surface area (Å²) in [6, 6.07) is 6.90. The molecule has 1 aromatic carbocycles. The molecule has 1 rings (SSSR count). The molecule has 0 spiro atoms. The molecule has 1 nitrogen and oxygen atoms in total. The Morgan fingerprint density at radius 3 is 2.71 bits per heavy atom. The summed E-state index contributed by atoms with van der Waals surface area (Å²) in [5.74, 6) is 0. The number of benzene rings is 1. The first-order chi connectivity index (χ1) is 6.67. The molecule has 0 radical (unpaired) electrons. The van der Waals surface area contributed by atoms with Crippen molar-refractivity contribution >= 4 is 11.8 Å². The summed E-state index contributed by atoms with van der Waals surface area (Å²) in [7, 11) is 0. The van der Waals surface area contributed by atoms with Crippen molar-refractivity contribution in [3.63, 3.8) is 0 Å². The van der Waals surface area contributed by atoms with E-state index in [1.807, 2.05) is 0 Å². The molecule has 2 N–H and O–H groups in total. The summed E-state index contributed by atoms with van der Waals surface area (Å²) in [4.78, 5) is 1.36. The number of aryl methyl sites for hydroxylation is 1. The lowest BCUT2D eigenvalue weighted by atomic mass is 10.0. The third-order valence-corrected chi connectivity index (χ3v) is 3.28. The highest BCUT2D eigenvalue weighted by Gasteiger charge is 2.06. The molecule has 0 aliphatic rings. The number of hydrogen-bond acceptors (Lipinski definition) is 2. The van der Waals surface area contributed by atoms with Gasteiger partial charge in [0.1, 0.15) is 0 Å². The zero-order chi connectivity index (χ0) is 10.6. The SMILES string of the molecule is CCC(N)Cc1cc(C)ccc1SC. The van der Waals surface area contributed by atoms with E-state index in [-0.39, 0.29) is 0 Å². The fourth-order valence-corrected chi connectivity index (χ4v) is 2.10. The average molecular weight is 209 g/mol. The first-order valence-electron chi connectivity index (χ1n) is 5.06. The first-order valence-corrected chi connectivity index (χ1v) is 6.29. The molecule has 0 heterocycles. The first kappa shape index (κ1) is 11.6. The van der Waals surface area contributed by atoms with Crippen LogP contribution in [0.15, 0.2) is 23.1 Å². The van der Waals surface area contributed by atoms with E-state index in [1.54, 1.807) is 11.8 Å². The van der Waals surface area contributed by atoms with E-state index in [0.29, 0.717) is 6.04 Å². The Morgan fingerprint density at radius 2 is 2.14 bits per heavy atom. The highest BCUT2D eigenvalue weighted by Crippen LogP contribution is 2.22. The van der Waals surface area contributed by atoms with Gasteiger partial charge in [-0.1, -0.05) is 24.6 Å². The zero-order valence-electron chi connectivity index (χ0n) is 9.21. The summed E-state index contributed by atoms with van der Waals surface area (Å²) < 4.78 is 0. The van der Waals surface area contributed by atoms with Crippen LogP contribution in [0.1, 0.15) is 24.5 Å². The standard InChI is InChI=1S/C12H19NS/c1-4-11(13)8-10-7-9(2)5-6-12(10)14-3/h5-7,11H,4,8,13H2,1-3H3. The van der Waals surface area contributed by atoms with Gasteiger partial charge < -0.3 is 5.73 Å². The van der Waals surface area contributed by atoms with E-state index in [2.05, 4.69) is 38.3 Å². The molecule has 0 aliphatic heterocycles. The van der Waals surface area contributed by atoms with E-state index in [4.69, 9.17) is 5.73 Å². The van der Waals surface area contributed by atoms with Crippen LogP contribution in [-0.4, -0.2) is 12.3 Å². The Balaban J connectivity index is 2.87. The highest BCUT2D eigenvalue weighted by atomic mass is 32.2. The molecule has 78 valence electrons. The second kappa shape index (κ2) is 5.42. The van der Waals surface area contributed by atoms with Crippen LogP contribution in [0.3, 0.4) is 0 Å². The summed E-state index contributed by atoms with van der Waals surface area (Å²) in [5.41, 5.74) is 8.69. The van der Waals surface area contributed by atoms with Gasteiger partial charge in [-0.25, -0.2) is 0 Å². The van der Waals surface area contributed by atoms with Crippen molar-refractivity contribution in [2.24, 2.45) is 5.73 Å². The molecule has 1 aromatic rings. The largest absolute Gasteiger partial charge is 0.327 e. The van der Waals surface area contributed by atoms with Gasteiger partial charge in [-0.2, -0.15) is 0 Å². The van der Waals surface area contributed by atoms with Crippen LogP contribution in [0.5, 0.6) is 0 Å². The number of rotatable bonds is 4. The second-order valence-electron chi connectivity index (χ2n) is 3.69. The lowest BCUT2D eigenvalue weighted by Gasteiger charge is -2.12. The monoisotopic (exact) mass is 209 g/mol. The Hall–Kier alpha value is -0.470. The molecule has 0 saturated carbocycles. The molecular weight excluding hydrogens is 190 g/mol. The molecule has 0 fully saturated rings. The summed E-state index contributed by atoms with van der Waals surface area (Å²) in [6.07, 6.45) is 4.15. The number of hydrogen-bond donors (Lipinski definition) is 1. The Kier molecular flexibility index (Phi) is 4.49. The minimum atomic E-state index is 0.294. The fourth-order valence-electron chi connectivity index (χ4n) is 1.49. The lowest BCUT2D eigenvalue weighted by Crippen LogP contribution is -2.21. The van der Waals surface area contributed by atoms with Gasteiger partial charge in [0.05, 0.1) is 0 Å². The van der Waals surface area contributed by atoms with Gasteiger partial charge in [0, 0.05) is 10.9 Å². The molecule has 0 bridgehead atoms. The molecule has 0 aromatic heterocycles. The van der Waals surface area contributed by atoms with Crippen molar-refractivity contribution in [1.82, 2.24) is 0 Å². The normalized spacial score (nSPS) is 12.9. The van der Waals surface area contributed by atoms with Gasteiger partial charge in [0.2, 0.25) is 0 Å². The van der Waals surface area contributed by atoms with Crippen molar-refractivity contribution in [3.8, 4) is 0 Å². The van der Waals surface area contributed by atoms with Crippen LogP contribution >= 0.6 is 11.8 Å². The van der Waals surface area contributed by atoms with E-state index in [9.17, 15) is 0 Å². The third kappa shape index (κ3) is 3.03. The van der Waals surface area contributed by atoms with Crippen LogP contribution in [0.2, 0.25) is 0 Å². The average Bonchev–Trinajstić information content (AvgIpc) is 2.18. The predicted molar refractivity (Wildman–Crippen MR) is 64.9 cm³/mol. The molecule has 1 unspecified atom stereocenters. The van der Waals surface area contributed by atoms with Gasteiger partial charge in [0.15, 0.2) is 0 Å². The van der Waals surface area contributed by atoms with E-state index >= 15 is 0 Å². The molecule has 0 aliphatic carbocycles. The van der Waals surface area contributed by atoms with Crippen molar-refractivity contribution < 1.29 is 0 Å². The van der Waals surface area contributed by atoms with E-state index in [1.165, 1.54) is 16.0 Å². The molecule has 0 saturated heterocycles. The van der Waals surface area contributed by atoms with E-state index in [0.717, 1.165) is 12.8 Å². The number of nitrogens with two attached hydrogens (primary N) is 1.